The lowest BCUT2D eigenvalue weighted by Gasteiger charge is -2.10. The average molecular weight is 464 g/mol. The summed E-state index contributed by atoms with van der Waals surface area (Å²) in [5.74, 6) is 0.976. The van der Waals surface area contributed by atoms with Gasteiger partial charge in [0.15, 0.2) is 6.61 Å². The van der Waals surface area contributed by atoms with Crippen molar-refractivity contribution >= 4 is 21.8 Å². The van der Waals surface area contributed by atoms with Crippen LogP contribution in [0.1, 0.15) is 21.8 Å². The number of para-hydroxylation sites is 1. The van der Waals surface area contributed by atoms with Crippen LogP contribution in [0.2, 0.25) is 0 Å². The third-order valence-corrected chi connectivity index (χ3v) is 4.87. The topological polar surface area (TPSA) is 77.2 Å². The van der Waals surface area contributed by atoms with Gasteiger partial charge in [-0.15, -0.1) is 10.2 Å². The Balaban J connectivity index is 1.41. The van der Waals surface area contributed by atoms with Gasteiger partial charge in [-0.3, -0.25) is 4.79 Å². The van der Waals surface area contributed by atoms with E-state index in [4.69, 9.17) is 9.15 Å². The van der Waals surface area contributed by atoms with Crippen molar-refractivity contribution in [2.45, 2.75) is 13.2 Å². The Kier molecular flexibility index (Phi) is 6.20. The number of aromatic nitrogens is 2. The summed E-state index contributed by atoms with van der Waals surface area (Å²) in [5, 5.41) is 11.0. The highest BCUT2D eigenvalue weighted by molar-refractivity contribution is 9.10. The number of ether oxygens (including phenoxy) is 1. The molecule has 1 aromatic heterocycles. The van der Waals surface area contributed by atoms with Gasteiger partial charge in [-0.2, -0.15) is 0 Å². The zero-order valence-electron chi connectivity index (χ0n) is 15.9. The van der Waals surface area contributed by atoms with Crippen molar-refractivity contribution in [3.63, 3.8) is 0 Å². The molecule has 3 aromatic carbocycles. The van der Waals surface area contributed by atoms with Crippen molar-refractivity contribution in [3.05, 3.63) is 100 Å². The Morgan fingerprint density at radius 2 is 1.67 bits per heavy atom. The van der Waals surface area contributed by atoms with Gasteiger partial charge in [0, 0.05) is 16.6 Å². The molecule has 0 atom stereocenters. The molecule has 0 bridgehead atoms. The molecule has 7 heteroatoms. The minimum Gasteiger partial charge on any atom is -0.483 e. The first kappa shape index (κ1) is 19.8. The van der Waals surface area contributed by atoms with Crippen LogP contribution in [0.5, 0.6) is 5.75 Å². The molecule has 1 heterocycles. The first-order valence-corrected chi connectivity index (χ1v) is 10.1. The molecule has 0 aliphatic heterocycles. The fourth-order valence-electron chi connectivity index (χ4n) is 2.81. The number of benzene rings is 3. The van der Waals surface area contributed by atoms with Crippen LogP contribution in [0.25, 0.3) is 11.5 Å². The maximum Gasteiger partial charge on any atom is 0.255 e. The summed E-state index contributed by atoms with van der Waals surface area (Å²) >= 11 is 3.40. The number of halogens is 1. The van der Waals surface area contributed by atoms with Crippen LogP contribution in [0.4, 0.5) is 0 Å². The molecule has 1 N–H and O–H groups in total. The molecule has 0 aliphatic rings. The van der Waals surface area contributed by atoms with E-state index in [2.05, 4.69) is 31.4 Å². The molecule has 1 amide bonds. The van der Waals surface area contributed by atoms with Gasteiger partial charge < -0.3 is 14.5 Å². The van der Waals surface area contributed by atoms with Gasteiger partial charge in [-0.05, 0) is 42.0 Å². The molecule has 0 radical (unpaired) electrons. The van der Waals surface area contributed by atoms with Crippen LogP contribution in [-0.2, 0) is 13.2 Å². The Morgan fingerprint density at radius 1 is 0.933 bits per heavy atom. The lowest BCUT2D eigenvalue weighted by Crippen LogP contribution is -2.23. The Hall–Kier alpha value is -3.45. The summed E-state index contributed by atoms with van der Waals surface area (Å²) in [6.07, 6.45) is 0. The quantitative estimate of drug-likeness (QED) is 0.416. The van der Waals surface area contributed by atoms with E-state index in [1.807, 2.05) is 60.7 Å². The van der Waals surface area contributed by atoms with Gasteiger partial charge in [0.2, 0.25) is 5.89 Å². The maximum atomic E-state index is 12.6. The fraction of sp³-hybridized carbons (Fsp3) is 0.0870. The molecule has 30 heavy (non-hydrogen) atoms. The number of rotatable bonds is 7. The minimum atomic E-state index is -0.212. The lowest BCUT2D eigenvalue weighted by atomic mass is 10.1. The van der Waals surface area contributed by atoms with Gasteiger partial charge in [-0.25, -0.2) is 0 Å². The summed E-state index contributed by atoms with van der Waals surface area (Å²) in [7, 11) is 0. The van der Waals surface area contributed by atoms with Gasteiger partial charge >= 0.3 is 0 Å². The second-order valence-electron chi connectivity index (χ2n) is 6.46. The number of carbonyl (C=O) groups excluding carboxylic acids is 1. The van der Waals surface area contributed by atoms with Crippen molar-refractivity contribution in [1.82, 2.24) is 15.5 Å². The maximum absolute atomic E-state index is 12.6. The third-order valence-electron chi connectivity index (χ3n) is 4.34. The zero-order chi connectivity index (χ0) is 20.8. The molecule has 4 aromatic rings. The van der Waals surface area contributed by atoms with Crippen molar-refractivity contribution in [3.8, 4) is 17.2 Å². The van der Waals surface area contributed by atoms with Crippen molar-refractivity contribution < 1.29 is 13.9 Å². The highest BCUT2D eigenvalue weighted by atomic mass is 79.9. The number of amides is 1. The minimum absolute atomic E-state index is 0.0620. The molecule has 0 fully saturated rings. The molecule has 150 valence electrons. The first-order chi connectivity index (χ1) is 14.7. The molecule has 6 nitrogen and oxygen atoms in total. The normalized spacial score (nSPS) is 10.6. The molecule has 0 unspecified atom stereocenters. The number of hydrogen-bond acceptors (Lipinski definition) is 5. The van der Waals surface area contributed by atoms with Gasteiger partial charge in [0.25, 0.3) is 11.8 Å². The van der Waals surface area contributed by atoms with Crippen LogP contribution in [-0.4, -0.2) is 16.1 Å². The molecular formula is C23H18BrN3O3. The van der Waals surface area contributed by atoms with Crippen LogP contribution in [0.3, 0.4) is 0 Å². The van der Waals surface area contributed by atoms with E-state index in [9.17, 15) is 4.79 Å². The second kappa shape index (κ2) is 9.37. The Morgan fingerprint density at radius 3 is 2.47 bits per heavy atom. The van der Waals surface area contributed by atoms with Crippen molar-refractivity contribution in [2.24, 2.45) is 0 Å². The summed E-state index contributed by atoms with van der Waals surface area (Å²) in [5.41, 5.74) is 2.29. The smallest absolute Gasteiger partial charge is 0.255 e. The average Bonchev–Trinajstić information content (AvgIpc) is 3.26. The molecule has 0 saturated heterocycles. The van der Waals surface area contributed by atoms with E-state index in [1.54, 1.807) is 18.2 Å². The Bertz CT molecular complexity index is 1130. The predicted octanol–water partition coefficient (Wildman–Crippen LogP) is 5.01. The van der Waals surface area contributed by atoms with Gasteiger partial charge in [0.1, 0.15) is 5.75 Å². The number of hydrogen-bond donors (Lipinski definition) is 1. The van der Waals surface area contributed by atoms with E-state index in [0.717, 1.165) is 15.6 Å². The van der Waals surface area contributed by atoms with E-state index < -0.39 is 0 Å². The van der Waals surface area contributed by atoms with Gasteiger partial charge in [0.05, 0.1) is 5.56 Å². The molecule has 0 aliphatic carbocycles. The van der Waals surface area contributed by atoms with Gasteiger partial charge in [-0.1, -0.05) is 58.4 Å². The van der Waals surface area contributed by atoms with E-state index >= 15 is 0 Å². The van der Waals surface area contributed by atoms with Crippen LogP contribution in [0.15, 0.2) is 87.8 Å². The number of nitrogens with zero attached hydrogens (tertiary/aromatic N) is 2. The van der Waals surface area contributed by atoms with E-state index in [0.29, 0.717) is 29.6 Å². The number of nitrogens with one attached hydrogen (secondary N) is 1. The monoisotopic (exact) mass is 463 g/mol. The molecular weight excluding hydrogens is 446 g/mol. The Labute approximate surface area is 182 Å². The summed E-state index contributed by atoms with van der Waals surface area (Å²) in [6, 6.07) is 24.4. The molecule has 0 saturated carbocycles. The predicted molar refractivity (Wildman–Crippen MR) is 116 cm³/mol. The largest absolute Gasteiger partial charge is 0.483 e. The standard InChI is InChI=1S/C23H18BrN3O3/c24-18-12-10-17(11-13-18)23-27-26-21(30-23)15-29-20-9-5-4-8-19(20)22(28)25-14-16-6-2-1-3-7-16/h1-13H,14-15H2,(H,25,28). The summed E-state index contributed by atoms with van der Waals surface area (Å²) in [4.78, 5) is 12.6. The summed E-state index contributed by atoms with van der Waals surface area (Å²) in [6.45, 7) is 0.501. The first-order valence-electron chi connectivity index (χ1n) is 9.31. The third kappa shape index (κ3) is 4.93. The lowest BCUT2D eigenvalue weighted by molar-refractivity contribution is 0.0945. The highest BCUT2D eigenvalue weighted by Gasteiger charge is 2.14. The summed E-state index contributed by atoms with van der Waals surface area (Å²) < 4.78 is 12.4. The van der Waals surface area contributed by atoms with E-state index in [-0.39, 0.29) is 12.5 Å². The van der Waals surface area contributed by atoms with E-state index in [1.165, 1.54) is 0 Å². The van der Waals surface area contributed by atoms with Crippen LogP contribution in [0, 0.1) is 0 Å². The van der Waals surface area contributed by atoms with Crippen LogP contribution >= 0.6 is 15.9 Å². The molecule has 0 spiro atoms. The van der Waals surface area contributed by atoms with Crippen molar-refractivity contribution in [1.29, 1.82) is 0 Å². The highest BCUT2D eigenvalue weighted by Crippen LogP contribution is 2.22. The SMILES string of the molecule is O=C(NCc1ccccc1)c1ccccc1OCc1nnc(-c2ccc(Br)cc2)o1. The van der Waals surface area contributed by atoms with Crippen LogP contribution < -0.4 is 10.1 Å². The number of carbonyl (C=O) groups is 1. The fourth-order valence-corrected chi connectivity index (χ4v) is 3.08. The van der Waals surface area contributed by atoms with Crippen molar-refractivity contribution in [2.75, 3.05) is 0 Å². The zero-order valence-corrected chi connectivity index (χ0v) is 17.5. The second-order valence-corrected chi connectivity index (χ2v) is 7.38. The molecule has 4 rings (SSSR count).